The Morgan fingerprint density at radius 1 is 1.09 bits per heavy atom. The van der Waals surface area contributed by atoms with Gasteiger partial charge in [-0.15, -0.1) is 0 Å². The summed E-state index contributed by atoms with van der Waals surface area (Å²) < 4.78 is 27.6. The molecule has 2 fully saturated rings. The predicted octanol–water partition coefficient (Wildman–Crippen LogP) is 2.82. The lowest BCUT2D eigenvalue weighted by Gasteiger charge is -2.28. The number of hydrogen-bond donors (Lipinski definition) is 1. The molecule has 1 N–H and O–H groups in total. The molecule has 0 amide bonds. The van der Waals surface area contributed by atoms with Gasteiger partial charge in [-0.3, -0.25) is 0 Å². The predicted molar refractivity (Wildman–Crippen MR) is 92.9 cm³/mol. The van der Waals surface area contributed by atoms with Crippen molar-refractivity contribution in [3.8, 4) is 0 Å². The first-order valence-electron chi connectivity index (χ1n) is 8.83. The molecule has 6 heteroatoms. The lowest BCUT2D eigenvalue weighted by Crippen LogP contribution is -2.35. The van der Waals surface area contributed by atoms with Crippen LogP contribution in [0.25, 0.3) is 0 Å². The monoisotopic (exact) mass is 337 g/mol. The Hall–Kier alpha value is -1.14. The van der Waals surface area contributed by atoms with Gasteiger partial charge < -0.3 is 4.90 Å². The second kappa shape index (κ2) is 7.62. The first kappa shape index (κ1) is 16.7. The van der Waals surface area contributed by atoms with Crippen LogP contribution in [0.5, 0.6) is 0 Å². The molecule has 0 bridgehead atoms. The highest BCUT2D eigenvalue weighted by molar-refractivity contribution is 7.90. The van der Waals surface area contributed by atoms with E-state index in [0.717, 1.165) is 56.6 Å². The SMILES string of the molecule is O=S(=O)(NCc1ccnc(N2CCCCC2)c1)C1CCCCC1. The molecule has 0 spiro atoms. The third-order valence-electron chi connectivity index (χ3n) is 4.96. The quantitative estimate of drug-likeness (QED) is 0.897. The first-order valence-corrected chi connectivity index (χ1v) is 10.4. The number of hydrogen-bond acceptors (Lipinski definition) is 4. The Morgan fingerprint density at radius 3 is 2.52 bits per heavy atom. The van der Waals surface area contributed by atoms with Gasteiger partial charge in [-0.1, -0.05) is 19.3 Å². The van der Waals surface area contributed by atoms with Gasteiger partial charge in [-0.2, -0.15) is 0 Å². The molecule has 1 aromatic rings. The van der Waals surface area contributed by atoms with Crippen LogP contribution in [0.15, 0.2) is 18.3 Å². The average molecular weight is 337 g/mol. The number of sulfonamides is 1. The van der Waals surface area contributed by atoms with Crippen LogP contribution >= 0.6 is 0 Å². The third kappa shape index (κ3) is 4.44. The Bertz CT molecular complexity index is 606. The molecule has 1 aliphatic heterocycles. The van der Waals surface area contributed by atoms with E-state index >= 15 is 0 Å². The van der Waals surface area contributed by atoms with E-state index in [0.29, 0.717) is 6.54 Å². The highest BCUT2D eigenvalue weighted by Gasteiger charge is 2.26. The molecule has 0 unspecified atom stereocenters. The summed E-state index contributed by atoms with van der Waals surface area (Å²) in [5.74, 6) is 0.971. The molecule has 1 aromatic heterocycles. The Kier molecular flexibility index (Phi) is 5.54. The van der Waals surface area contributed by atoms with Crippen molar-refractivity contribution >= 4 is 15.8 Å². The molecule has 1 saturated carbocycles. The van der Waals surface area contributed by atoms with E-state index in [1.165, 1.54) is 19.3 Å². The number of nitrogens with one attached hydrogen (secondary N) is 1. The standard InChI is InChI=1S/C17H27N3O2S/c21-23(22,16-7-3-1-4-8-16)19-14-15-9-10-18-17(13-15)20-11-5-2-6-12-20/h9-10,13,16,19H,1-8,11-12,14H2. The fourth-order valence-electron chi connectivity index (χ4n) is 3.54. The van der Waals surface area contributed by atoms with Crippen LogP contribution in [0.1, 0.15) is 56.9 Å². The summed E-state index contributed by atoms with van der Waals surface area (Å²) >= 11 is 0. The fraction of sp³-hybridized carbons (Fsp3) is 0.706. The Labute approximate surface area is 139 Å². The summed E-state index contributed by atoms with van der Waals surface area (Å²) in [6, 6.07) is 3.92. The van der Waals surface area contributed by atoms with Crippen molar-refractivity contribution in [1.29, 1.82) is 0 Å². The van der Waals surface area contributed by atoms with Gasteiger partial charge in [0, 0.05) is 25.8 Å². The molecule has 0 radical (unpaired) electrons. The summed E-state index contributed by atoms with van der Waals surface area (Å²) in [6.45, 7) is 2.46. The zero-order chi connectivity index (χ0) is 16.1. The van der Waals surface area contributed by atoms with Crippen LogP contribution in [-0.4, -0.2) is 31.7 Å². The molecule has 0 aromatic carbocycles. The number of piperidine rings is 1. The van der Waals surface area contributed by atoms with E-state index in [9.17, 15) is 8.42 Å². The minimum Gasteiger partial charge on any atom is -0.357 e. The maximum atomic E-state index is 12.4. The Morgan fingerprint density at radius 2 is 1.78 bits per heavy atom. The van der Waals surface area contributed by atoms with E-state index in [-0.39, 0.29) is 5.25 Å². The lowest BCUT2D eigenvalue weighted by molar-refractivity contribution is 0.477. The molecular formula is C17H27N3O2S. The normalized spacial score (nSPS) is 20.6. The average Bonchev–Trinajstić information content (AvgIpc) is 2.62. The van der Waals surface area contributed by atoms with Crippen molar-refractivity contribution in [3.63, 3.8) is 0 Å². The second-order valence-electron chi connectivity index (χ2n) is 6.70. The van der Waals surface area contributed by atoms with Gasteiger partial charge in [0.05, 0.1) is 5.25 Å². The van der Waals surface area contributed by atoms with Crippen molar-refractivity contribution in [2.75, 3.05) is 18.0 Å². The van der Waals surface area contributed by atoms with Gasteiger partial charge in [0.2, 0.25) is 10.0 Å². The fourth-order valence-corrected chi connectivity index (χ4v) is 5.10. The maximum Gasteiger partial charge on any atom is 0.214 e. The third-order valence-corrected chi connectivity index (χ3v) is 6.85. The number of aromatic nitrogens is 1. The summed E-state index contributed by atoms with van der Waals surface area (Å²) in [5.41, 5.74) is 0.986. The van der Waals surface area contributed by atoms with Crippen LogP contribution in [0.4, 0.5) is 5.82 Å². The zero-order valence-corrected chi connectivity index (χ0v) is 14.5. The van der Waals surface area contributed by atoms with Crippen LogP contribution in [0.3, 0.4) is 0 Å². The summed E-state index contributed by atoms with van der Waals surface area (Å²) in [5, 5.41) is -0.209. The zero-order valence-electron chi connectivity index (χ0n) is 13.7. The van der Waals surface area contributed by atoms with Crippen molar-refractivity contribution in [3.05, 3.63) is 23.9 Å². The summed E-state index contributed by atoms with van der Waals surface area (Å²) in [7, 11) is -3.20. The summed E-state index contributed by atoms with van der Waals surface area (Å²) in [6.07, 6.45) is 10.3. The number of anilines is 1. The van der Waals surface area contributed by atoms with E-state index in [2.05, 4.69) is 14.6 Å². The van der Waals surface area contributed by atoms with E-state index in [1.807, 2.05) is 12.1 Å². The minimum absolute atomic E-state index is 0.209. The number of nitrogens with zero attached hydrogens (tertiary/aromatic N) is 2. The van der Waals surface area contributed by atoms with E-state index in [1.54, 1.807) is 6.20 Å². The van der Waals surface area contributed by atoms with Gasteiger partial charge in [0.1, 0.15) is 5.82 Å². The second-order valence-corrected chi connectivity index (χ2v) is 8.74. The molecule has 23 heavy (non-hydrogen) atoms. The smallest absolute Gasteiger partial charge is 0.214 e. The molecule has 2 heterocycles. The van der Waals surface area contributed by atoms with E-state index < -0.39 is 10.0 Å². The number of rotatable bonds is 5. The van der Waals surface area contributed by atoms with Crippen LogP contribution in [-0.2, 0) is 16.6 Å². The highest BCUT2D eigenvalue weighted by Crippen LogP contribution is 2.23. The largest absolute Gasteiger partial charge is 0.357 e. The first-order chi connectivity index (χ1) is 11.1. The van der Waals surface area contributed by atoms with Gasteiger partial charge in [-0.05, 0) is 49.8 Å². The molecule has 1 aliphatic carbocycles. The van der Waals surface area contributed by atoms with Gasteiger partial charge in [0.15, 0.2) is 0 Å². The van der Waals surface area contributed by atoms with Crippen LogP contribution < -0.4 is 9.62 Å². The molecule has 1 saturated heterocycles. The molecule has 3 rings (SSSR count). The maximum absolute atomic E-state index is 12.4. The minimum atomic E-state index is -3.20. The molecule has 5 nitrogen and oxygen atoms in total. The topological polar surface area (TPSA) is 62.3 Å². The molecular weight excluding hydrogens is 310 g/mol. The Balaban J connectivity index is 1.61. The van der Waals surface area contributed by atoms with Gasteiger partial charge in [-0.25, -0.2) is 18.1 Å². The van der Waals surface area contributed by atoms with Gasteiger partial charge in [0.25, 0.3) is 0 Å². The molecule has 2 aliphatic rings. The highest BCUT2D eigenvalue weighted by atomic mass is 32.2. The lowest BCUT2D eigenvalue weighted by atomic mass is 10.0. The molecule has 0 atom stereocenters. The van der Waals surface area contributed by atoms with Crippen molar-refractivity contribution < 1.29 is 8.42 Å². The van der Waals surface area contributed by atoms with Crippen LogP contribution in [0.2, 0.25) is 0 Å². The van der Waals surface area contributed by atoms with Crippen molar-refractivity contribution in [2.45, 2.75) is 63.2 Å². The van der Waals surface area contributed by atoms with E-state index in [4.69, 9.17) is 0 Å². The van der Waals surface area contributed by atoms with Gasteiger partial charge >= 0.3 is 0 Å². The van der Waals surface area contributed by atoms with Crippen LogP contribution in [0, 0.1) is 0 Å². The molecule has 128 valence electrons. The van der Waals surface area contributed by atoms with Crippen molar-refractivity contribution in [1.82, 2.24) is 9.71 Å². The summed E-state index contributed by atoms with van der Waals surface area (Å²) in [4.78, 5) is 6.74. The van der Waals surface area contributed by atoms with Crippen molar-refractivity contribution in [2.24, 2.45) is 0 Å². The number of pyridine rings is 1.